The van der Waals surface area contributed by atoms with E-state index in [-0.39, 0.29) is 12.0 Å². The summed E-state index contributed by atoms with van der Waals surface area (Å²) in [6.07, 6.45) is 0.238. The first-order chi connectivity index (χ1) is 13.6. The van der Waals surface area contributed by atoms with Gasteiger partial charge in [0.05, 0.1) is 12.7 Å². The highest BCUT2D eigenvalue weighted by molar-refractivity contribution is 5.97. The average molecular weight is 377 g/mol. The Kier molecular flexibility index (Phi) is 6.17. The molecule has 0 radical (unpaired) electrons. The molecule has 0 unspecified atom stereocenters. The SMILES string of the molecule is COC(=O)[C@@H](Cc1ccc(-c2ccccc2)cc1)NC(=O)c1ccccc1F. The first-order valence-corrected chi connectivity index (χ1v) is 8.86. The molecule has 0 aromatic heterocycles. The maximum Gasteiger partial charge on any atom is 0.328 e. The lowest BCUT2D eigenvalue weighted by Gasteiger charge is -2.17. The van der Waals surface area contributed by atoms with Gasteiger partial charge >= 0.3 is 5.97 Å². The van der Waals surface area contributed by atoms with E-state index in [0.29, 0.717) is 0 Å². The van der Waals surface area contributed by atoms with Crippen LogP contribution in [-0.2, 0) is 16.0 Å². The van der Waals surface area contributed by atoms with Crippen molar-refractivity contribution in [3.63, 3.8) is 0 Å². The molecule has 0 aliphatic rings. The van der Waals surface area contributed by atoms with Gasteiger partial charge in [-0.1, -0.05) is 66.7 Å². The van der Waals surface area contributed by atoms with E-state index in [2.05, 4.69) is 5.32 Å². The zero-order chi connectivity index (χ0) is 19.9. The summed E-state index contributed by atoms with van der Waals surface area (Å²) < 4.78 is 18.6. The summed E-state index contributed by atoms with van der Waals surface area (Å²) in [6.45, 7) is 0. The molecule has 1 atom stereocenters. The van der Waals surface area contributed by atoms with E-state index in [9.17, 15) is 14.0 Å². The Morgan fingerprint density at radius 2 is 1.50 bits per heavy atom. The molecule has 28 heavy (non-hydrogen) atoms. The number of carbonyl (C=O) groups excluding carboxylic acids is 2. The molecule has 0 bridgehead atoms. The second kappa shape index (κ2) is 8.95. The maximum absolute atomic E-state index is 13.8. The number of hydrogen-bond donors (Lipinski definition) is 1. The number of rotatable bonds is 6. The Balaban J connectivity index is 1.75. The summed E-state index contributed by atoms with van der Waals surface area (Å²) in [6, 6.07) is 22.3. The summed E-state index contributed by atoms with van der Waals surface area (Å²) in [4.78, 5) is 24.5. The fourth-order valence-corrected chi connectivity index (χ4v) is 2.92. The molecule has 4 nitrogen and oxygen atoms in total. The van der Waals surface area contributed by atoms with Crippen LogP contribution in [0.1, 0.15) is 15.9 Å². The van der Waals surface area contributed by atoms with E-state index < -0.39 is 23.7 Å². The predicted molar refractivity (Wildman–Crippen MR) is 105 cm³/mol. The molecule has 0 saturated heterocycles. The van der Waals surface area contributed by atoms with Crippen molar-refractivity contribution in [1.82, 2.24) is 5.32 Å². The number of methoxy groups -OCH3 is 1. The molecule has 3 aromatic carbocycles. The molecule has 3 rings (SSSR count). The second-order valence-electron chi connectivity index (χ2n) is 6.30. The van der Waals surface area contributed by atoms with Crippen LogP contribution in [0.5, 0.6) is 0 Å². The predicted octanol–water partition coefficient (Wildman–Crippen LogP) is 4.01. The van der Waals surface area contributed by atoms with Crippen LogP contribution < -0.4 is 5.32 Å². The summed E-state index contributed by atoms with van der Waals surface area (Å²) in [5.74, 6) is -1.89. The summed E-state index contributed by atoms with van der Waals surface area (Å²) in [7, 11) is 1.25. The molecule has 0 aliphatic carbocycles. The number of carbonyl (C=O) groups is 2. The van der Waals surface area contributed by atoms with E-state index in [4.69, 9.17) is 4.74 Å². The van der Waals surface area contributed by atoms with E-state index in [1.807, 2.05) is 54.6 Å². The molecule has 142 valence electrons. The molecule has 3 aromatic rings. The molecule has 1 N–H and O–H groups in total. The van der Waals surface area contributed by atoms with Crippen molar-refractivity contribution >= 4 is 11.9 Å². The molecule has 1 amide bonds. The summed E-state index contributed by atoms with van der Waals surface area (Å²) in [5, 5.41) is 2.57. The molecular weight excluding hydrogens is 357 g/mol. The van der Waals surface area contributed by atoms with Crippen LogP contribution in [0.4, 0.5) is 4.39 Å². The first-order valence-electron chi connectivity index (χ1n) is 8.86. The summed E-state index contributed by atoms with van der Waals surface area (Å²) in [5.41, 5.74) is 2.88. The number of hydrogen-bond acceptors (Lipinski definition) is 3. The third-order valence-corrected chi connectivity index (χ3v) is 4.41. The second-order valence-corrected chi connectivity index (χ2v) is 6.30. The minimum absolute atomic E-state index is 0.115. The molecule has 0 heterocycles. The van der Waals surface area contributed by atoms with Gasteiger partial charge in [-0.15, -0.1) is 0 Å². The van der Waals surface area contributed by atoms with Crippen LogP contribution in [0.15, 0.2) is 78.9 Å². The number of esters is 1. The van der Waals surface area contributed by atoms with E-state index in [1.54, 1.807) is 6.07 Å². The Morgan fingerprint density at radius 1 is 0.893 bits per heavy atom. The van der Waals surface area contributed by atoms with Gasteiger partial charge in [-0.2, -0.15) is 0 Å². The number of halogens is 1. The van der Waals surface area contributed by atoms with Gasteiger partial charge in [0.15, 0.2) is 0 Å². The van der Waals surface area contributed by atoms with Crippen molar-refractivity contribution in [3.05, 3.63) is 95.8 Å². The van der Waals surface area contributed by atoms with Crippen molar-refractivity contribution in [1.29, 1.82) is 0 Å². The van der Waals surface area contributed by atoms with Crippen LogP contribution >= 0.6 is 0 Å². The Morgan fingerprint density at radius 3 is 2.14 bits per heavy atom. The van der Waals surface area contributed by atoms with E-state index >= 15 is 0 Å². The number of amides is 1. The van der Waals surface area contributed by atoms with Gasteiger partial charge in [0.25, 0.3) is 5.91 Å². The quantitative estimate of drug-likeness (QED) is 0.661. The average Bonchev–Trinajstić information content (AvgIpc) is 2.74. The fourth-order valence-electron chi connectivity index (χ4n) is 2.92. The number of benzene rings is 3. The Bertz CT molecular complexity index is 955. The van der Waals surface area contributed by atoms with E-state index in [0.717, 1.165) is 16.7 Å². The van der Waals surface area contributed by atoms with Gasteiger partial charge in [0.2, 0.25) is 0 Å². The Hall–Kier alpha value is -3.47. The van der Waals surface area contributed by atoms with Gasteiger partial charge in [-0.25, -0.2) is 9.18 Å². The van der Waals surface area contributed by atoms with Crippen LogP contribution in [0.2, 0.25) is 0 Å². The minimum atomic E-state index is -0.917. The monoisotopic (exact) mass is 377 g/mol. The van der Waals surface area contributed by atoms with Crippen molar-refractivity contribution in [3.8, 4) is 11.1 Å². The van der Waals surface area contributed by atoms with Crippen LogP contribution in [0.3, 0.4) is 0 Å². The minimum Gasteiger partial charge on any atom is -0.467 e. The Labute approximate surface area is 163 Å². The maximum atomic E-state index is 13.8. The molecule has 0 spiro atoms. The lowest BCUT2D eigenvalue weighted by molar-refractivity contribution is -0.142. The molecule has 0 saturated carbocycles. The molecule has 0 aliphatic heterocycles. The smallest absolute Gasteiger partial charge is 0.328 e. The van der Waals surface area contributed by atoms with Crippen LogP contribution in [0, 0.1) is 5.82 Å². The van der Waals surface area contributed by atoms with Crippen LogP contribution in [0.25, 0.3) is 11.1 Å². The lowest BCUT2D eigenvalue weighted by Crippen LogP contribution is -2.43. The van der Waals surface area contributed by atoms with Gasteiger partial charge in [-0.3, -0.25) is 4.79 Å². The van der Waals surface area contributed by atoms with Crippen molar-refractivity contribution in [2.24, 2.45) is 0 Å². The van der Waals surface area contributed by atoms with Crippen molar-refractivity contribution < 1.29 is 18.7 Å². The zero-order valence-corrected chi connectivity index (χ0v) is 15.4. The third-order valence-electron chi connectivity index (χ3n) is 4.41. The normalized spacial score (nSPS) is 11.5. The van der Waals surface area contributed by atoms with Gasteiger partial charge < -0.3 is 10.1 Å². The third kappa shape index (κ3) is 4.62. The number of ether oxygens (including phenoxy) is 1. The standard InChI is InChI=1S/C23H20FNO3/c1-28-23(27)21(25-22(26)19-9-5-6-10-20(19)24)15-16-11-13-18(14-12-16)17-7-3-2-4-8-17/h2-14,21H,15H2,1H3,(H,25,26)/t21-/m1/s1. The van der Waals surface area contributed by atoms with Gasteiger partial charge in [-0.05, 0) is 28.8 Å². The van der Waals surface area contributed by atoms with Crippen molar-refractivity contribution in [2.45, 2.75) is 12.5 Å². The molecule has 5 heteroatoms. The van der Waals surface area contributed by atoms with Gasteiger partial charge in [0.1, 0.15) is 11.9 Å². The highest BCUT2D eigenvalue weighted by atomic mass is 19.1. The van der Waals surface area contributed by atoms with E-state index in [1.165, 1.54) is 25.3 Å². The highest BCUT2D eigenvalue weighted by Gasteiger charge is 2.23. The van der Waals surface area contributed by atoms with Crippen molar-refractivity contribution in [2.75, 3.05) is 7.11 Å². The van der Waals surface area contributed by atoms with Gasteiger partial charge in [0, 0.05) is 6.42 Å². The molecule has 0 fully saturated rings. The fraction of sp³-hybridized carbons (Fsp3) is 0.130. The zero-order valence-electron chi connectivity index (χ0n) is 15.4. The first kappa shape index (κ1) is 19.3. The highest BCUT2D eigenvalue weighted by Crippen LogP contribution is 2.20. The lowest BCUT2D eigenvalue weighted by atomic mass is 10.0. The molecular formula is C23H20FNO3. The number of nitrogens with one attached hydrogen (secondary N) is 1. The largest absolute Gasteiger partial charge is 0.467 e. The summed E-state index contributed by atoms with van der Waals surface area (Å²) >= 11 is 0. The van der Waals surface area contributed by atoms with Crippen LogP contribution in [-0.4, -0.2) is 25.0 Å². The topological polar surface area (TPSA) is 55.4 Å².